The number of hydrogen-bond donors (Lipinski definition) is 5. The monoisotopic (exact) mass is 836 g/mol. The molecule has 4 atom stereocenters. The lowest BCUT2D eigenvalue weighted by molar-refractivity contribution is -0.135. The number of benzene rings is 4. The summed E-state index contributed by atoms with van der Waals surface area (Å²) in [6.45, 7) is 1.84. The highest BCUT2D eigenvalue weighted by atomic mass is 16.5. The van der Waals surface area contributed by atoms with Gasteiger partial charge in [-0.15, -0.1) is 0 Å². The smallest absolute Gasteiger partial charge is 0.407 e. The van der Waals surface area contributed by atoms with Crippen molar-refractivity contribution in [1.29, 1.82) is 0 Å². The molecule has 318 valence electrons. The fourth-order valence-corrected chi connectivity index (χ4v) is 8.33. The maximum absolute atomic E-state index is 13.9. The molecule has 0 aliphatic carbocycles. The fraction of sp³-hybridized carbons (Fsp3) is 0.277. The molecule has 0 bridgehead atoms. The Balaban J connectivity index is 0.866. The molecule has 0 unspecified atom stereocenters. The number of ether oxygens (including phenoxy) is 2. The van der Waals surface area contributed by atoms with Gasteiger partial charge in [0, 0.05) is 13.1 Å². The quantitative estimate of drug-likeness (QED) is 0.0734. The minimum absolute atomic E-state index is 0.221. The summed E-state index contributed by atoms with van der Waals surface area (Å²) in [6.07, 6.45) is 4.65. The highest BCUT2D eigenvalue weighted by Crippen LogP contribution is 2.36. The van der Waals surface area contributed by atoms with E-state index in [0.29, 0.717) is 55.5 Å². The van der Waals surface area contributed by atoms with Gasteiger partial charge in [0.1, 0.15) is 23.7 Å². The number of rotatable bonds is 14. The van der Waals surface area contributed by atoms with E-state index >= 15 is 0 Å². The van der Waals surface area contributed by atoms with Gasteiger partial charge in [-0.25, -0.2) is 19.6 Å². The molecular weight excluding hydrogens is 789 g/mol. The van der Waals surface area contributed by atoms with Crippen molar-refractivity contribution in [2.75, 3.05) is 20.2 Å². The lowest BCUT2D eigenvalue weighted by Gasteiger charge is -2.28. The number of nitrogens with one attached hydrogen (secondary N) is 4. The molecule has 2 aliphatic rings. The third-order valence-corrected chi connectivity index (χ3v) is 11.4. The standard InChI is InChI=1S/C47H48N8O7/c1-61-47(60)53-41(34-14-6-3-7-15-34)45(57)55-24-10-17-38(55)42-48-26-36(50-42)32-21-19-30(20-22-32)28-62-29-31-11-8-16-35(25-31)37-27-49-43(51-37)39-18-9-23-54(39)44(56)40(52-46(58)59)33-12-4-2-5-13-33/h2-8,11-16,19-22,25-27,38-41,52H,9-10,17-18,23-24,28-29H2,1H3,(H,48,50)(H,49,51)(H,53,60)(H,58,59)/t38-,39-,40+,41+/m0/s1. The Labute approximate surface area is 358 Å². The first kappa shape index (κ1) is 41.5. The van der Waals surface area contributed by atoms with Gasteiger partial charge in [-0.3, -0.25) is 9.59 Å². The predicted molar refractivity (Wildman–Crippen MR) is 229 cm³/mol. The number of carboxylic acid groups (broad SMARTS) is 1. The van der Waals surface area contributed by atoms with Crippen LogP contribution in [0.5, 0.6) is 0 Å². The minimum Gasteiger partial charge on any atom is -0.465 e. The molecule has 4 heterocycles. The van der Waals surface area contributed by atoms with Crippen molar-refractivity contribution in [2.24, 2.45) is 0 Å². The average molecular weight is 837 g/mol. The second-order valence-corrected chi connectivity index (χ2v) is 15.4. The molecule has 2 aromatic heterocycles. The molecule has 8 rings (SSSR count). The summed E-state index contributed by atoms with van der Waals surface area (Å²) < 4.78 is 11.0. The molecule has 2 fully saturated rings. The summed E-state index contributed by atoms with van der Waals surface area (Å²) >= 11 is 0. The SMILES string of the molecule is COC(=O)N[C@@H](C(=O)N1CCC[C@H]1c1ncc(-c2ccc(COCc3cccc(-c4cnc([C@@H]5CCCN5C(=O)[C@H](NC(=O)O)c5ccccc5)[nH]4)c3)cc2)[nH]1)c1ccccc1. The molecule has 2 aliphatic heterocycles. The number of methoxy groups -OCH3 is 1. The van der Waals surface area contributed by atoms with Gasteiger partial charge < -0.3 is 45.0 Å². The second-order valence-electron chi connectivity index (χ2n) is 15.4. The molecule has 4 amide bonds. The van der Waals surface area contributed by atoms with Crippen molar-refractivity contribution in [3.05, 3.63) is 155 Å². The van der Waals surface area contributed by atoms with Crippen LogP contribution in [0, 0.1) is 0 Å². The van der Waals surface area contributed by atoms with Crippen molar-refractivity contribution in [2.45, 2.75) is 63.1 Å². The zero-order valence-corrected chi connectivity index (χ0v) is 34.2. The van der Waals surface area contributed by atoms with Crippen LogP contribution in [-0.2, 0) is 32.3 Å². The molecule has 4 aromatic carbocycles. The number of aromatic nitrogens is 4. The van der Waals surface area contributed by atoms with E-state index in [0.717, 1.165) is 52.9 Å². The topological polar surface area (TPSA) is 195 Å². The van der Waals surface area contributed by atoms with Crippen molar-refractivity contribution >= 4 is 24.0 Å². The molecular formula is C47H48N8O7. The number of hydrogen-bond acceptors (Lipinski definition) is 8. The van der Waals surface area contributed by atoms with Gasteiger partial charge in [0.2, 0.25) is 0 Å². The van der Waals surface area contributed by atoms with Crippen LogP contribution in [0.1, 0.15) is 83.8 Å². The van der Waals surface area contributed by atoms with Gasteiger partial charge in [-0.1, -0.05) is 103 Å². The number of aromatic amines is 2. The number of nitrogens with zero attached hydrogens (tertiary/aromatic N) is 4. The summed E-state index contributed by atoms with van der Waals surface area (Å²) in [6, 6.07) is 31.6. The maximum atomic E-state index is 13.9. The Kier molecular flexibility index (Phi) is 12.7. The molecule has 0 spiro atoms. The van der Waals surface area contributed by atoms with Crippen LogP contribution in [0.3, 0.4) is 0 Å². The Morgan fingerprint density at radius 3 is 1.76 bits per heavy atom. The predicted octanol–water partition coefficient (Wildman–Crippen LogP) is 7.62. The molecule has 5 N–H and O–H groups in total. The second kappa shape index (κ2) is 19.0. The van der Waals surface area contributed by atoms with Crippen molar-refractivity contribution in [1.82, 2.24) is 40.4 Å². The van der Waals surface area contributed by atoms with E-state index in [1.165, 1.54) is 7.11 Å². The summed E-state index contributed by atoms with van der Waals surface area (Å²) in [4.78, 5) is 71.1. The normalized spacial score (nSPS) is 17.0. The lowest BCUT2D eigenvalue weighted by Crippen LogP contribution is -2.42. The summed E-state index contributed by atoms with van der Waals surface area (Å²) in [7, 11) is 1.28. The van der Waals surface area contributed by atoms with E-state index in [9.17, 15) is 24.3 Å². The molecule has 0 saturated carbocycles. The van der Waals surface area contributed by atoms with E-state index in [2.05, 4.69) is 30.6 Å². The summed E-state index contributed by atoms with van der Waals surface area (Å²) in [5.41, 5.74) is 6.76. The van der Waals surface area contributed by atoms with Crippen molar-refractivity contribution < 1.29 is 33.8 Å². The van der Waals surface area contributed by atoms with Gasteiger partial charge in [-0.05, 0) is 65.1 Å². The Bertz CT molecular complexity index is 2490. The van der Waals surface area contributed by atoms with Crippen LogP contribution in [0.4, 0.5) is 9.59 Å². The minimum atomic E-state index is -1.26. The molecule has 15 nitrogen and oxygen atoms in total. The van der Waals surface area contributed by atoms with Gasteiger partial charge in [0.25, 0.3) is 11.8 Å². The van der Waals surface area contributed by atoms with Crippen LogP contribution in [0.2, 0.25) is 0 Å². The van der Waals surface area contributed by atoms with Crippen LogP contribution in [0.15, 0.2) is 122 Å². The number of alkyl carbamates (subject to hydrolysis) is 1. The molecule has 15 heteroatoms. The van der Waals surface area contributed by atoms with Gasteiger partial charge in [-0.2, -0.15) is 0 Å². The average Bonchev–Trinajstić information content (AvgIpc) is 4.15. The lowest BCUT2D eigenvalue weighted by atomic mass is 10.1. The number of imidazole rings is 2. The number of carbonyl (C=O) groups excluding carboxylic acids is 3. The van der Waals surface area contributed by atoms with E-state index in [4.69, 9.17) is 9.47 Å². The number of H-pyrrole nitrogens is 2. The van der Waals surface area contributed by atoms with E-state index in [1.54, 1.807) is 46.5 Å². The first-order chi connectivity index (χ1) is 30.2. The van der Waals surface area contributed by atoms with Crippen LogP contribution in [-0.4, -0.2) is 79.0 Å². The third kappa shape index (κ3) is 9.37. The largest absolute Gasteiger partial charge is 0.465 e. The maximum Gasteiger partial charge on any atom is 0.407 e. The molecule has 6 aromatic rings. The Morgan fingerprint density at radius 1 is 0.677 bits per heavy atom. The Hall–Kier alpha value is -7.26. The highest BCUT2D eigenvalue weighted by Gasteiger charge is 2.38. The van der Waals surface area contributed by atoms with E-state index < -0.39 is 24.3 Å². The number of carbonyl (C=O) groups is 4. The van der Waals surface area contributed by atoms with E-state index in [1.807, 2.05) is 84.9 Å². The summed E-state index contributed by atoms with van der Waals surface area (Å²) in [5, 5.41) is 14.6. The Morgan fingerprint density at radius 2 is 1.21 bits per heavy atom. The zero-order chi connectivity index (χ0) is 43.0. The van der Waals surface area contributed by atoms with Crippen LogP contribution < -0.4 is 10.6 Å². The summed E-state index contributed by atoms with van der Waals surface area (Å²) in [5.74, 6) is 0.813. The highest BCUT2D eigenvalue weighted by molar-refractivity contribution is 5.88. The van der Waals surface area contributed by atoms with Gasteiger partial charge in [0.05, 0.1) is 56.2 Å². The number of amides is 4. The number of likely N-dealkylation sites (tertiary alicyclic amines) is 2. The van der Waals surface area contributed by atoms with Crippen LogP contribution in [0.25, 0.3) is 22.5 Å². The van der Waals surface area contributed by atoms with Gasteiger partial charge >= 0.3 is 12.2 Å². The first-order valence-corrected chi connectivity index (χ1v) is 20.7. The first-order valence-electron chi connectivity index (χ1n) is 20.7. The zero-order valence-electron chi connectivity index (χ0n) is 34.2. The fourth-order valence-electron chi connectivity index (χ4n) is 8.33. The van der Waals surface area contributed by atoms with Crippen molar-refractivity contribution in [3.63, 3.8) is 0 Å². The third-order valence-electron chi connectivity index (χ3n) is 11.4. The molecule has 62 heavy (non-hydrogen) atoms. The van der Waals surface area contributed by atoms with Crippen molar-refractivity contribution in [3.8, 4) is 22.5 Å². The molecule has 0 radical (unpaired) electrons. The van der Waals surface area contributed by atoms with Crippen LogP contribution >= 0.6 is 0 Å². The van der Waals surface area contributed by atoms with Gasteiger partial charge in [0.15, 0.2) is 0 Å². The molecule has 2 saturated heterocycles. The van der Waals surface area contributed by atoms with E-state index in [-0.39, 0.29) is 23.9 Å².